The van der Waals surface area contributed by atoms with Gasteiger partial charge in [0.15, 0.2) is 9.76 Å². The first-order chi connectivity index (χ1) is 4.77. The van der Waals surface area contributed by atoms with Crippen molar-refractivity contribution in [2.24, 2.45) is 0 Å². The van der Waals surface area contributed by atoms with Gasteiger partial charge in [-0.05, 0) is 40.0 Å². The summed E-state index contributed by atoms with van der Waals surface area (Å²) in [6, 6.07) is 1.33. The third-order valence-electron chi connectivity index (χ3n) is 1.35. The minimum absolute atomic E-state index is 0.158. The van der Waals surface area contributed by atoms with E-state index in [2.05, 4.69) is 25.9 Å². The molecule has 0 aromatic heterocycles. The molecule has 0 aliphatic rings. The first-order valence-corrected chi connectivity index (χ1v) is 5.57. The van der Waals surface area contributed by atoms with E-state index < -0.39 is 0 Å². The van der Waals surface area contributed by atoms with Crippen LogP contribution in [0, 0.1) is 0 Å². The van der Waals surface area contributed by atoms with E-state index in [0.29, 0.717) is 0 Å². The van der Waals surface area contributed by atoms with E-state index in [-0.39, 0.29) is 9.76 Å². The summed E-state index contributed by atoms with van der Waals surface area (Å²) in [7, 11) is 4.07. The molecule has 0 spiro atoms. The Bertz CT molecular complexity index is 68.6. The molecule has 0 amide bonds. The summed E-state index contributed by atoms with van der Waals surface area (Å²) in [4.78, 5) is 2.22. The molecule has 0 saturated carbocycles. The quantitative estimate of drug-likeness (QED) is 0.415. The molecular weight excluding hydrogens is 142 g/mol. The van der Waals surface area contributed by atoms with Crippen LogP contribution in [0.15, 0.2) is 0 Å². The third-order valence-corrected chi connectivity index (χ3v) is 2.83. The summed E-state index contributed by atoms with van der Waals surface area (Å²) in [6.07, 6.45) is 1.30. The van der Waals surface area contributed by atoms with Crippen LogP contribution in [0.2, 0.25) is 6.04 Å². The van der Waals surface area contributed by atoms with Gasteiger partial charge in [-0.2, -0.15) is 0 Å². The van der Waals surface area contributed by atoms with Crippen molar-refractivity contribution < 1.29 is 4.43 Å². The fraction of sp³-hybridized carbons (Fsp3) is 1.00. The lowest BCUT2D eigenvalue weighted by molar-refractivity contribution is 0.354. The Hall–Kier alpha value is 0.137. The lowest BCUT2D eigenvalue weighted by atomic mass is 10.5. The van der Waals surface area contributed by atoms with Crippen molar-refractivity contribution in [1.29, 1.82) is 0 Å². The van der Waals surface area contributed by atoms with E-state index in [1.54, 1.807) is 0 Å². The summed E-state index contributed by atoms with van der Waals surface area (Å²) < 4.78 is 5.34. The van der Waals surface area contributed by atoms with Crippen molar-refractivity contribution in [2.45, 2.75) is 19.4 Å². The minimum Gasteiger partial charge on any atom is -0.424 e. The molecule has 3 heteroatoms. The van der Waals surface area contributed by atoms with Crippen LogP contribution in [-0.4, -0.2) is 41.9 Å². The molecule has 0 radical (unpaired) electrons. The molecule has 0 aromatic carbocycles. The summed E-state index contributed by atoms with van der Waals surface area (Å²) >= 11 is 0. The zero-order valence-electron chi connectivity index (χ0n) is 7.39. The summed E-state index contributed by atoms with van der Waals surface area (Å²) in [5, 5.41) is 0. The van der Waals surface area contributed by atoms with E-state index in [1.807, 2.05) is 0 Å². The fourth-order valence-corrected chi connectivity index (χ4v) is 1.70. The van der Waals surface area contributed by atoms with Gasteiger partial charge in [0.2, 0.25) is 0 Å². The standard InChI is InChI=1S/C7H19NOSi/c1-4-9-10-7-5-6-8(2)3/h4-7,10H2,1-3H3. The molecule has 0 N–H and O–H groups in total. The maximum atomic E-state index is 5.34. The van der Waals surface area contributed by atoms with E-state index in [4.69, 9.17) is 4.43 Å². The van der Waals surface area contributed by atoms with Gasteiger partial charge in [-0.3, -0.25) is 0 Å². The number of nitrogens with zero attached hydrogens (tertiary/aromatic N) is 1. The molecule has 62 valence electrons. The number of hydrogen-bond donors (Lipinski definition) is 0. The molecule has 0 rings (SSSR count). The van der Waals surface area contributed by atoms with Gasteiger partial charge in [-0.1, -0.05) is 0 Å². The monoisotopic (exact) mass is 161 g/mol. The van der Waals surface area contributed by atoms with Crippen LogP contribution in [0.25, 0.3) is 0 Å². The lowest BCUT2D eigenvalue weighted by Crippen LogP contribution is -2.13. The average molecular weight is 161 g/mol. The van der Waals surface area contributed by atoms with Gasteiger partial charge in [-0.25, -0.2) is 0 Å². The van der Waals surface area contributed by atoms with Crippen molar-refractivity contribution in [3.05, 3.63) is 0 Å². The second kappa shape index (κ2) is 7.25. The van der Waals surface area contributed by atoms with Gasteiger partial charge in [0, 0.05) is 6.61 Å². The van der Waals surface area contributed by atoms with Crippen molar-refractivity contribution in [2.75, 3.05) is 27.2 Å². The van der Waals surface area contributed by atoms with Crippen LogP contribution < -0.4 is 0 Å². The molecule has 0 saturated heterocycles. The van der Waals surface area contributed by atoms with Gasteiger partial charge in [0.25, 0.3) is 0 Å². The van der Waals surface area contributed by atoms with Gasteiger partial charge in [-0.15, -0.1) is 0 Å². The molecule has 0 unspecified atom stereocenters. The first kappa shape index (κ1) is 10.1. The van der Waals surface area contributed by atoms with Crippen LogP contribution in [0.4, 0.5) is 0 Å². The maximum absolute atomic E-state index is 5.34. The highest BCUT2D eigenvalue weighted by atomic mass is 28.2. The first-order valence-electron chi connectivity index (χ1n) is 4.00. The Morgan fingerprint density at radius 2 is 2.10 bits per heavy atom. The Morgan fingerprint density at radius 3 is 2.60 bits per heavy atom. The Balaban J connectivity index is 2.77. The Kier molecular flexibility index (Phi) is 7.35. The largest absolute Gasteiger partial charge is 0.424 e. The summed E-state index contributed by atoms with van der Waals surface area (Å²) in [6.45, 7) is 4.19. The van der Waals surface area contributed by atoms with Crippen molar-refractivity contribution in [3.8, 4) is 0 Å². The highest BCUT2D eigenvalue weighted by molar-refractivity contribution is 6.26. The smallest absolute Gasteiger partial charge is 0.161 e. The summed E-state index contributed by atoms with van der Waals surface area (Å²) in [5.74, 6) is 0. The molecule has 2 nitrogen and oxygen atoms in total. The molecule has 0 aliphatic heterocycles. The van der Waals surface area contributed by atoms with E-state index in [0.717, 1.165) is 6.61 Å². The van der Waals surface area contributed by atoms with E-state index in [9.17, 15) is 0 Å². The normalized spacial score (nSPS) is 12.0. The van der Waals surface area contributed by atoms with Crippen LogP contribution in [0.1, 0.15) is 13.3 Å². The highest BCUT2D eigenvalue weighted by Crippen LogP contribution is 1.90. The number of rotatable bonds is 6. The molecule has 0 aromatic rings. The lowest BCUT2D eigenvalue weighted by Gasteiger charge is -2.07. The predicted octanol–water partition coefficient (Wildman–Crippen LogP) is 0.477. The van der Waals surface area contributed by atoms with Crippen LogP contribution >= 0.6 is 0 Å². The zero-order valence-corrected chi connectivity index (χ0v) is 8.81. The SMILES string of the molecule is CCO[SiH2]CCCN(C)C. The van der Waals surface area contributed by atoms with Crippen LogP contribution in [0.3, 0.4) is 0 Å². The van der Waals surface area contributed by atoms with Gasteiger partial charge < -0.3 is 9.33 Å². The molecule has 0 fully saturated rings. The molecular formula is C7H19NOSi. The highest BCUT2D eigenvalue weighted by Gasteiger charge is 1.90. The predicted molar refractivity (Wildman–Crippen MR) is 48.1 cm³/mol. The molecule has 0 heterocycles. The van der Waals surface area contributed by atoms with Crippen molar-refractivity contribution in [1.82, 2.24) is 4.90 Å². The van der Waals surface area contributed by atoms with Gasteiger partial charge in [0.05, 0.1) is 0 Å². The maximum Gasteiger partial charge on any atom is 0.161 e. The fourth-order valence-electron chi connectivity index (χ4n) is 0.776. The number of hydrogen-bond acceptors (Lipinski definition) is 2. The van der Waals surface area contributed by atoms with E-state index in [1.165, 1.54) is 19.0 Å². The zero-order chi connectivity index (χ0) is 7.82. The third kappa shape index (κ3) is 8.14. The molecule has 0 bridgehead atoms. The van der Waals surface area contributed by atoms with Crippen LogP contribution in [-0.2, 0) is 4.43 Å². The van der Waals surface area contributed by atoms with Gasteiger partial charge >= 0.3 is 0 Å². The van der Waals surface area contributed by atoms with Crippen molar-refractivity contribution >= 4 is 9.76 Å². The molecule has 10 heavy (non-hydrogen) atoms. The Labute approximate surface area is 66.5 Å². The molecule has 0 aliphatic carbocycles. The second-order valence-corrected chi connectivity index (χ2v) is 4.23. The topological polar surface area (TPSA) is 12.5 Å². The minimum atomic E-state index is -0.158. The van der Waals surface area contributed by atoms with E-state index >= 15 is 0 Å². The summed E-state index contributed by atoms with van der Waals surface area (Å²) in [5.41, 5.74) is 0. The van der Waals surface area contributed by atoms with Gasteiger partial charge in [0.1, 0.15) is 0 Å². The average Bonchev–Trinajstić information content (AvgIpc) is 1.87. The second-order valence-electron chi connectivity index (χ2n) is 2.71. The van der Waals surface area contributed by atoms with Crippen LogP contribution in [0.5, 0.6) is 0 Å². The Morgan fingerprint density at radius 1 is 1.40 bits per heavy atom. The van der Waals surface area contributed by atoms with Crippen molar-refractivity contribution in [3.63, 3.8) is 0 Å². The molecule has 0 atom stereocenters.